The first-order valence-corrected chi connectivity index (χ1v) is 8.71. The molecule has 0 aromatic heterocycles. The molecule has 0 aliphatic carbocycles. The molecule has 0 bridgehead atoms. The molecule has 1 heterocycles. The minimum Gasteiger partial charge on any atom is -0.545 e. The number of carboxylic acid groups (broad SMARTS) is 1. The van der Waals surface area contributed by atoms with Crippen LogP contribution in [0.25, 0.3) is 0 Å². The van der Waals surface area contributed by atoms with Gasteiger partial charge in [0.05, 0.1) is 24.3 Å². The summed E-state index contributed by atoms with van der Waals surface area (Å²) in [6, 6.07) is 22.1. The summed E-state index contributed by atoms with van der Waals surface area (Å²) >= 11 is 0. The third kappa shape index (κ3) is 2.50. The third-order valence-corrected chi connectivity index (χ3v) is 4.82. The molecule has 0 fully saturated rings. The molecule has 28 heavy (non-hydrogen) atoms. The van der Waals surface area contributed by atoms with Crippen molar-refractivity contribution in [2.75, 3.05) is 17.3 Å². The monoisotopic (exact) mass is 373 g/mol. The van der Waals surface area contributed by atoms with Gasteiger partial charge in [0, 0.05) is 11.3 Å². The van der Waals surface area contributed by atoms with E-state index >= 15 is 0 Å². The van der Waals surface area contributed by atoms with Crippen LogP contribution in [-0.4, -0.2) is 19.0 Å². The summed E-state index contributed by atoms with van der Waals surface area (Å²) in [6.45, 7) is 0. The number of carbonyl (C=O) groups is 2. The fourth-order valence-electron chi connectivity index (χ4n) is 3.55. The second-order valence-electron chi connectivity index (χ2n) is 6.35. The molecule has 0 spiro atoms. The number of amides is 1. The summed E-state index contributed by atoms with van der Waals surface area (Å²) in [5.41, 5.74) is -0.469. The van der Waals surface area contributed by atoms with Crippen molar-refractivity contribution in [1.82, 2.24) is 0 Å². The number of hydrogen-bond donors (Lipinski definition) is 1. The molecule has 0 unspecified atom stereocenters. The SMILES string of the molecule is COc1ccccc1N1C(=O)c2ccccc2N[C@@]1(C(=O)[O-])c1ccccc1. The Balaban J connectivity index is 2.06. The van der Waals surface area contributed by atoms with Crippen molar-refractivity contribution in [1.29, 1.82) is 0 Å². The van der Waals surface area contributed by atoms with Crippen molar-refractivity contribution in [3.05, 3.63) is 90.0 Å². The van der Waals surface area contributed by atoms with Crippen LogP contribution in [0.3, 0.4) is 0 Å². The minimum absolute atomic E-state index is 0.324. The first-order chi connectivity index (χ1) is 13.6. The van der Waals surface area contributed by atoms with Gasteiger partial charge in [-0.25, -0.2) is 0 Å². The normalized spacial score (nSPS) is 18.2. The van der Waals surface area contributed by atoms with Gasteiger partial charge in [-0.3, -0.25) is 9.69 Å². The standard InChI is InChI=1S/C22H18N2O4/c1-28-19-14-8-7-13-18(19)24-20(25)16-11-5-6-12-17(16)23-22(24,21(26)27)15-9-3-2-4-10-15/h2-14,23H,1H3,(H,26,27)/p-1/t22-/m0/s1. The summed E-state index contributed by atoms with van der Waals surface area (Å²) in [4.78, 5) is 27.3. The Kier molecular flexibility index (Phi) is 4.24. The van der Waals surface area contributed by atoms with Crippen LogP contribution in [0.5, 0.6) is 5.75 Å². The topological polar surface area (TPSA) is 81.7 Å². The number of para-hydroxylation sites is 3. The maximum absolute atomic E-state index is 13.5. The summed E-state index contributed by atoms with van der Waals surface area (Å²) in [6.07, 6.45) is 0. The van der Waals surface area contributed by atoms with Gasteiger partial charge in [0.15, 0.2) is 5.66 Å². The van der Waals surface area contributed by atoms with E-state index in [2.05, 4.69) is 5.32 Å². The van der Waals surface area contributed by atoms with Gasteiger partial charge in [-0.1, -0.05) is 54.6 Å². The highest BCUT2D eigenvalue weighted by Gasteiger charge is 2.49. The molecule has 1 amide bonds. The molecule has 1 atom stereocenters. The Labute approximate surface area is 162 Å². The molecule has 6 heteroatoms. The van der Waals surface area contributed by atoms with Crippen molar-refractivity contribution in [2.24, 2.45) is 0 Å². The number of nitrogens with one attached hydrogen (secondary N) is 1. The molecule has 0 radical (unpaired) electrons. The Morgan fingerprint density at radius 2 is 1.61 bits per heavy atom. The Morgan fingerprint density at radius 3 is 2.32 bits per heavy atom. The van der Waals surface area contributed by atoms with E-state index in [4.69, 9.17) is 4.74 Å². The predicted octanol–water partition coefficient (Wildman–Crippen LogP) is 2.37. The van der Waals surface area contributed by atoms with Crippen LogP contribution in [-0.2, 0) is 10.5 Å². The van der Waals surface area contributed by atoms with E-state index in [1.165, 1.54) is 12.0 Å². The number of benzene rings is 3. The van der Waals surface area contributed by atoms with Crippen molar-refractivity contribution >= 4 is 23.3 Å². The molecule has 1 aliphatic heterocycles. The maximum Gasteiger partial charge on any atom is 0.263 e. The van der Waals surface area contributed by atoms with Crippen molar-refractivity contribution < 1.29 is 19.4 Å². The van der Waals surface area contributed by atoms with Crippen LogP contribution in [0.4, 0.5) is 11.4 Å². The third-order valence-electron chi connectivity index (χ3n) is 4.82. The van der Waals surface area contributed by atoms with Crippen LogP contribution in [0.2, 0.25) is 0 Å². The smallest absolute Gasteiger partial charge is 0.263 e. The zero-order chi connectivity index (χ0) is 19.7. The Bertz CT molecular complexity index is 1050. The van der Waals surface area contributed by atoms with Gasteiger partial charge >= 0.3 is 0 Å². The fourth-order valence-corrected chi connectivity index (χ4v) is 3.55. The summed E-state index contributed by atoms with van der Waals surface area (Å²) in [5.74, 6) is -1.54. The van der Waals surface area contributed by atoms with Gasteiger partial charge < -0.3 is 20.0 Å². The van der Waals surface area contributed by atoms with E-state index in [0.717, 1.165) is 0 Å². The quantitative estimate of drug-likeness (QED) is 0.759. The number of methoxy groups -OCH3 is 1. The first-order valence-electron chi connectivity index (χ1n) is 8.71. The second-order valence-corrected chi connectivity index (χ2v) is 6.35. The lowest BCUT2D eigenvalue weighted by molar-refractivity contribution is -0.312. The number of anilines is 2. The van der Waals surface area contributed by atoms with Gasteiger partial charge in [0.1, 0.15) is 5.75 Å². The fraction of sp³-hybridized carbons (Fsp3) is 0.0909. The van der Waals surface area contributed by atoms with E-state index in [1.807, 2.05) is 0 Å². The van der Waals surface area contributed by atoms with Crippen LogP contribution in [0, 0.1) is 0 Å². The first kappa shape index (κ1) is 17.6. The summed E-state index contributed by atoms with van der Waals surface area (Å²) in [7, 11) is 1.47. The molecule has 6 nitrogen and oxygen atoms in total. The van der Waals surface area contributed by atoms with E-state index in [-0.39, 0.29) is 0 Å². The van der Waals surface area contributed by atoms with E-state index in [0.29, 0.717) is 28.3 Å². The molecule has 3 aromatic carbocycles. The zero-order valence-corrected chi connectivity index (χ0v) is 15.1. The average molecular weight is 373 g/mol. The number of carboxylic acids is 1. The van der Waals surface area contributed by atoms with Gasteiger partial charge in [-0.15, -0.1) is 0 Å². The van der Waals surface area contributed by atoms with E-state index in [9.17, 15) is 14.7 Å². The number of nitrogens with zero attached hydrogens (tertiary/aromatic N) is 1. The van der Waals surface area contributed by atoms with Gasteiger partial charge in [-0.05, 0) is 24.3 Å². The van der Waals surface area contributed by atoms with Crippen LogP contribution in [0.1, 0.15) is 15.9 Å². The maximum atomic E-state index is 13.5. The van der Waals surface area contributed by atoms with E-state index in [1.54, 1.807) is 78.9 Å². The van der Waals surface area contributed by atoms with Gasteiger partial charge in [0.2, 0.25) is 0 Å². The van der Waals surface area contributed by atoms with Crippen LogP contribution < -0.4 is 20.1 Å². The van der Waals surface area contributed by atoms with E-state index < -0.39 is 17.5 Å². The highest BCUT2D eigenvalue weighted by atomic mass is 16.5. The molecular formula is C22H17N2O4-. The molecule has 140 valence electrons. The van der Waals surface area contributed by atoms with Crippen molar-refractivity contribution in [2.45, 2.75) is 5.66 Å². The number of hydrogen-bond acceptors (Lipinski definition) is 5. The largest absolute Gasteiger partial charge is 0.545 e. The molecule has 0 saturated carbocycles. The summed E-state index contributed by atoms with van der Waals surface area (Å²) in [5, 5.41) is 15.7. The highest BCUT2D eigenvalue weighted by molar-refractivity contribution is 6.17. The van der Waals surface area contributed by atoms with Gasteiger partial charge in [0.25, 0.3) is 5.91 Å². The van der Waals surface area contributed by atoms with Crippen molar-refractivity contribution in [3.63, 3.8) is 0 Å². The molecule has 1 N–H and O–H groups in total. The van der Waals surface area contributed by atoms with Gasteiger partial charge in [-0.2, -0.15) is 0 Å². The lowest BCUT2D eigenvalue weighted by atomic mass is 9.91. The molecular weight excluding hydrogens is 356 g/mol. The Morgan fingerprint density at radius 1 is 0.964 bits per heavy atom. The average Bonchev–Trinajstić information content (AvgIpc) is 2.74. The minimum atomic E-state index is -1.94. The number of aliphatic carboxylic acids is 1. The predicted molar refractivity (Wildman–Crippen MR) is 103 cm³/mol. The zero-order valence-electron chi connectivity index (χ0n) is 15.1. The molecule has 3 aromatic rings. The molecule has 0 saturated heterocycles. The van der Waals surface area contributed by atoms with Crippen molar-refractivity contribution in [3.8, 4) is 5.75 Å². The highest BCUT2D eigenvalue weighted by Crippen LogP contribution is 2.43. The second kappa shape index (κ2) is 6.74. The molecule has 1 aliphatic rings. The van der Waals surface area contributed by atoms with Crippen LogP contribution in [0.15, 0.2) is 78.9 Å². The number of carbonyl (C=O) groups excluding carboxylic acids is 2. The molecule has 4 rings (SSSR count). The van der Waals surface area contributed by atoms with Crippen LogP contribution >= 0.6 is 0 Å². The number of ether oxygens (including phenoxy) is 1. The summed E-state index contributed by atoms with van der Waals surface area (Å²) < 4.78 is 5.41. The lowest BCUT2D eigenvalue weighted by Gasteiger charge is -2.49. The Hall–Kier alpha value is -3.80. The lowest BCUT2D eigenvalue weighted by Crippen LogP contribution is -2.66. The number of fused-ring (bicyclic) bond motifs is 1. The number of rotatable bonds is 4.